The number of nitrogens with one attached hydrogen (secondary N) is 1. The first-order valence-electron chi connectivity index (χ1n) is 7.38. The van der Waals surface area contributed by atoms with Gasteiger partial charge in [-0.1, -0.05) is 19.1 Å². The summed E-state index contributed by atoms with van der Waals surface area (Å²) in [5.74, 6) is 0.0841. The van der Waals surface area contributed by atoms with Crippen LogP contribution in [0.5, 0.6) is 5.75 Å². The summed E-state index contributed by atoms with van der Waals surface area (Å²) < 4.78 is 28.7. The van der Waals surface area contributed by atoms with E-state index < -0.39 is 6.61 Å². The molecular formula is C16H24F2N2O2. The Labute approximate surface area is 130 Å². The highest BCUT2D eigenvalue weighted by Crippen LogP contribution is 2.17. The smallest absolute Gasteiger partial charge is 0.387 e. The predicted molar refractivity (Wildman–Crippen MR) is 82.2 cm³/mol. The van der Waals surface area contributed by atoms with E-state index >= 15 is 0 Å². The Kier molecular flexibility index (Phi) is 7.80. The molecule has 1 atom stereocenters. The summed E-state index contributed by atoms with van der Waals surface area (Å²) in [6.45, 7) is -0.0191. The Hall–Kier alpha value is -1.69. The maximum atomic E-state index is 12.2. The molecule has 1 N–H and O–H groups in total. The molecule has 0 fully saturated rings. The maximum absolute atomic E-state index is 12.2. The second kappa shape index (κ2) is 9.35. The van der Waals surface area contributed by atoms with Crippen LogP contribution in [0, 0.1) is 0 Å². The van der Waals surface area contributed by atoms with Crippen molar-refractivity contribution in [1.82, 2.24) is 10.2 Å². The van der Waals surface area contributed by atoms with Gasteiger partial charge in [0.05, 0.1) is 0 Å². The normalized spacial score (nSPS) is 12.5. The van der Waals surface area contributed by atoms with Crippen LogP contribution in [0.1, 0.15) is 25.3 Å². The van der Waals surface area contributed by atoms with Crippen molar-refractivity contribution in [2.75, 3.05) is 20.6 Å². The van der Waals surface area contributed by atoms with Crippen LogP contribution in [0.4, 0.5) is 8.78 Å². The zero-order valence-corrected chi connectivity index (χ0v) is 13.3. The summed E-state index contributed by atoms with van der Waals surface area (Å²) in [5, 5.41) is 2.98. The SMILES string of the molecule is CC[C@H](CN(C)C)NC(=O)CCc1cccc(OC(F)F)c1. The van der Waals surface area contributed by atoms with Crippen LogP contribution in [0.25, 0.3) is 0 Å². The first kappa shape index (κ1) is 18.4. The van der Waals surface area contributed by atoms with Crippen molar-refractivity contribution in [2.24, 2.45) is 0 Å². The second-order valence-corrected chi connectivity index (χ2v) is 5.46. The largest absolute Gasteiger partial charge is 0.435 e. The highest BCUT2D eigenvalue weighted by molar-refractivity contribution is 5.76. The van der Waals surface area contributed by atoms with Crippen LogP contribution >= 0.6 is 0 Å². The molecule has 124 valence electrons. The molecule has 0 aliphatic rings. The summed E-state index contributed by atoms with van der Waals surface area (Å²) in [5.41, 5.74) is 0.800. The van der Waals surface area contributed by atoms with Gasteiger partial charge in [-0.15, -0.1) is 0 Å². The van der Waals surface area contributed by atoms with Crippen LogP contribution in [0.3, 0.4) is 0 Å². The van der Waals surface area contributed by atoms with Gasteiger partial charge in [-0.2, -0.15) is 8.78 Å². The summed E-state index contributed by atoms with van der Waals surface area (Å²) in [4.78, 5) is 14.0. The molecule has 22 heavy (non-hydrogen) atoms. The molecule has 0 aliphatic heterocycles. The van der Waals surface area contributed by atoms with Gasteiger partial charge in [0.15, 0.2) is 0 Å². The number of rotatable bonds is 9. The zero-order chi connectivity index (χ0) is 16.5. The number of carbonyl (C=O) groups is 1. The van der Waals surface area contributed by atoms with Gasteiger partial charge in [0.1, 0.15) is 5.75 Å². The molecule has 4 nitrogen and oxygen atoms in total. The number of benzene rings is 1. The summed E-state index contributed by atoms with van der Waals surface area (Å²) in [7, 11) is 3.92. The topological polar surface area (TPSA) is 41.6 Å². The van der Waals surface area contributed by atoms with Crippen molar-refractivity contribution >= 4 is 5.91 Å². The van der Waals surface area contributed by atoms with E-state index in [-0.39, 0.29) is 17.7 Å². The van der Waals surface area contributed by atoms with Crippen molar-refractivity contribution < 1.29 is 18.3 Å². The number of alkyl halides is 2. The molecule has 0 saturated heterocycles. The minimum atomic E-state index is -2.84. The third kappa shape index (κ3) is 7.36. The molecular weight excluding hydrogens is 290 g/mol. The van der Waals surface area contributed by atoms with E-state index in [0.717, 1.165) is 18.5 Å². The van der Waals surface area contributed by atoms with Crippen LogP contribution < -0.4 is 10.1 Å². The van der Waals surface area contributed by atoms with Crippen molar-refractivity contribution in [3.05, 3.63) is 29.8 Å². The lowest BCUT2D eigenvalue weighted by Crippen LogP contribution is -2.41. The number of hydrogen-bond donors (Lipinski definition) is 1. The Bertz CT molecular complexity index is 467. The molecule has 0 aliphatic carbocycles. The fourth-order valence-electron chi connectivity index (χ4n) is 2.15. The van der Waals surface area contributed by atoms with E-state index in [0.29, 0.717) is 12.8 Å². The minimum absolute atomic E-state index is 0.0334. The maximum Gasteiger partial charge on any atom is 0.387 e. The highest BCUT2D eigenvalue weighted by Gasteiger charge is 2.11. The average Bonchev–Trinajstić information content (AvgIpc) is 2.43. The number of hydrogen-bond acceptors (Lipinski definition) is 3. The van der Waals surface area contributed by atoms with E-state index in [9.17, 15) is 13.6 Å². The number of amides is 1. The second-order valence-electron chi connectivity index (χ2n) is 5.46. The van der Waals surface area contributed by atoms with Crippen molar-refractivity contribution in [1.29, 1.82) is 0 Å². The van der Waals surface area contributed by atoms with Gasteiger partial charge in [-0.25, -0.2) is 0 Å². The average molecular weight is 314 g/mol. The van der Waals surface area contributed by atoms with E-state index in [1.54, 1.807) is 12.1 Å². The fourth-order valence-corrected chi connectivity index (χ4v) is 2.15. The van der Waals surface area contributed by atoms with E-state index in [1.165, 1.54) is 12.1 Å². The molecule has 1 aromatic rings. The van der Waals surface area contributed by atoms with E-state index in [1.807, 2.05) is 25.9 Å². The quantitative estimate of drug-likeness (QED) is 0.762. The van der Waals surface area contributed by atoms with E-state index in [4.69, 9.17) is 0 Å². The third-order valence-corrected chi connectivity index (χ3v) is 3.21. The summed E-state index contributed by atoms with van der Waals surface area (Å²) in [6.07, 6.45) is 1.67. The molecule has 6 heteroatoms. The number of carbonyl (C=O) groups excluding carboxylic acids is 1. The van der Waals surface area contributed by atoms with Gasteiger partial charge >= 0.3 is 6.61 Å². The summed E-state index contributed by atoms with van der Waals surface area (Å²) >= 11 is 0. The lowest BCUT2D eigenvalue weighted by Gasteiger charge is -2.21. The molecule has 0 radical (unpaired) electrons. The van der Waals surface area contributed by atoms with Crippen molar-refractivity contribution in [3.8, 4) is 5.75 Å². The Morgan fingerprint density at radius 3 is 2.68 bits per heavy atom. The Balaban J connectivity index is 2.46. The van der Waals surface area contributed by atoms with Gasteiger partial charge in [-0.05, 0) is 44.6 Å². The predicted octanol–water partition coefficient (Wildman–Crippen LogP) is 2.68. The lowest BCUT2D eigenvalue weighted by molar-refractivity contribution is -0.121. The number of ether oxygens (including phenoxy) is 1. The van der Waals surface area contributed by atoms with Crippen molar-refractivity contribution in [2.45, 2.75) is 38.8 Å². The highest BCUT2D eigenvalue weighted by atomic mass is 19.3. The van der Waals surface area contributed by atoms with Gasteiger partial charge in [0, 0.05) is 19.0 Å². The van der Waals surface area contributed by atoms with Gasteiger partial charge in [0.25, 0.3) is 0 Å². The van der Waals surface area contributed by atoms with Gasteiger partial charge in [-0.3, -0.25) is 4.79 Å². The number of nitrogens with zero attached hydrogens (tertiary/aromatic N) is 1. The number of aryl methyl sites for hydroxylation is 1. The molecule has 0 unspecified atom stereocenters. The fraction of sp³-hybridized carbons (Fsp3) is 0.562. The van der Waals surface area contributed by atoms with Crippen molar-refractivity contribution in [3.63, 3.8) is 0 Å². The molecule has 1 amide bonds. The van der Waals surface area contributed by atoms with Crippen LogP contribution in [0.2, 0.25) is 0 Å². The molecule has 1 rings (SSSR count). The summed E-state index contributed by atoms with van der Waals surface area (Å²) in [6, 6.07) is 6.57. The monoisotopic (exact) mass is 314 g/mol. The minimum Gasteiger partial charge on any atom is -0.435 e. The van der Waals surface area contributed by atoms with Crippen LogP contribution in [-0.4, -0.2) is 44.1 Å². The molecule has 0 saturated carbocycles. The van der Waals surface area contributed by atoms with E-state index in [2.05, 4.69) is 10.1 Å². The molecule has 0 spiro atoms. The van der Waals surface area contributed by atoms with Gasteiger partial charge in [0.2, 0.25) is 5.91 Å². The Morgan fingerprint density at radius 2 is 2.09 bits per heavy atom. The molecule has 0 heterocycles. The number of halogens is 2. The Morgan fingerprint density at radius 1 is 1.36 bits per heavy atom. The lowest BCUT2D eigenvalue weighted by atomic mass is 10.1. The third-order valence-electron chi connectivity index (χ3n) is 3.21. The molecule has 1 aromatic carbocycles. The zero-order valence-electron chi connectivity index (χ0n) is 13.3. The molecule has 0 aromatic heterocycles. The standard InChI is InChI=1S/C16H24F2N2O2/c1-4-13(11-20(2)3)19-15(21)9-8-12-6-5-7-14(10-12)22-16(17)18/h5-7,10,13,16H,4,8-9,11H2,1-3H3,(H,19,21)/t13-/m1/s1. The number of likely N-dealkylation sites (N-methyl/N-ethyl adjacent to an activating group) is 1. The first-order valence-corrected chi connectivity index (χ1v) is 7.38. The molecule has 0 bridgehead atoms. The van der Waals surface area contributed by atoms with Crippen LogP contribution in [0.15, 0.2) is 24.3 Å². The van der Waals surface area contributed by atoms with Crippen LogP contribution in [-0.2, 0) is 11.2 Å². The first-order chi connectivity index (χ1) is 10.4. The van der Waals surface area contributed by atoms with Gasteiger partial charge < -0.3 is 15.0 Å².